The summed E-state index contributed by atoms with van der Waals surface area (Å²) in [6, 6.07) is 16.2. The average Bonchev–Trinajstić information content (AvgIpc) is 2.38. The van der Waals surface area contributed by atoms with Crippen LogP contribution in [-0.2, 0) is 11.2 Å². The van der Waals surface area contributed by atoms with Gasteiger partial charge in [0.1, 0.15) is 0 Å². The number of amides is 1. The molecule has 0 saturated carbocycles. The number of benzene rings is 2. The highest BCUT2D eigenvalue weighted by Gasteiger charge is 2.24. The molecule has 18 heavy (non-hydrogen) atoms. The van der Waals surface area contributed by atoms with Gasteiger partial charge in [0.25, 0.3) is 0 Å². The van der Waals surface area contributed by atoms with E-state index in [1.54, 1.807) is 0 Å². The number of halogens is 1. The lowest BCUT2D eigenvalue weighted by Gasteiger charge is -2.27. The molecule has 0 radical (unpaired) electrons. The molecule has 3 heteroatoms. The van der Waals surface area contributed by atoms with E-state index in [0.717, 1.165) is 15.6 Å². The molecule has 1 aliphatic heterocycles. The SMILES string of the molecule is O=C1Cc2ccccc2[C@H](c2ccc(Br)cc2)N1. The molecule has 1 heterocycles. The number of rotatable bonds is 1. The second-order valence-electron chi connectivity index (χ2n) is 4.43. The van der Waals surface area contributed by atoms with E-state index in [4.69, 9.17) is 0 Å². The molecule has 90 valence electrons. The first kappa shape index (κ1) is 11.5. The molecular weight excluding hydrogens is 290 g/mol. The summed E-state index contributed by atoms with van der Waals surface area (Å²) in [5.74, 6) is 0.0848. The Morgan fingerprint density at radius 2 is 1.78 bits per heavy atom. The van der Waals surface area contributed by atoms with Gasteiger partial charge in [-0.3, -0.25) is 4.79 Å². The molecule has 0 aromatic heterocycles. The zero-order valence-electron chi connectivity index (χ0n) is 9.69. The lowest BCUT2D eigenvalue weighted by Crippen LogP contribution is -2.35. The molecule has 0 aliphatic carbocycles. The Balaban J connectivity index is 2.07. The zero-order valence-corrected chi connectivity index (χ0v) is 11.3. The Labute approximate surface area is 114 Å². The van der Waals surface area contributed by atoms with Gasteiger partial charge in [-0.05, 0) is 28.8 Å². The van der Waals surface area contributed by atoms with E-state index in [9.17, 15) is 4.79 Å². The van der Waals surface area contributed by atoms with E-state index in [1.165, 1.54) is 5.56 Å². The molecule has 3 rings (SSSR count). The van der Waals surface area contributed by atoms with Gasteiger partial charge in [-0.1, -0.05) is 52.3 Å². The fourth-order valence-electron chi connectivity index (χ4n) is 2.36. The van der Waals surface area contributed by atoms with Crippen molar-refractivity contribution < 1.29 is 4.79 Å². The van der Waals surface area contributed by atoms with E-state index in [-0.39, 0.29) is 11.9 Å². The quantitative estimate of drug-likeness (QED) is 0.861. The van der Waals surface area contributed by atoms with Crippen LogP contribution in [0.5, 0.6) is 0 Å². The summed E-state index contributed by atoms with van der Waals surface area (Å²) >= 11 is 3.43. The first-order valence-corrected chi connectivity index (χ1v) is 6.66. The number of carbonyl (C=O) groups excluding carboxylic acids is 1. The summed E-state index contributed by atoms with van der Waals surface area (Å²) in [4.78, 5) is 11.8. The largest absolute Gasteiger partial charge is 0.345 e. The number of fused-ring (bicyclic) bond motifs is 1. The third-order valence-corrected chi connectivity index (χ3v) is 3.75. The molecular formula is C15H12BrNO. The summed E-state index contributed by atoms with van der Waals surface area (Å²) in [6.45, 7) is 0. The predicted octanol–water partition coefficient (Wildman–Crippen LogP) is 3.21. The molecule has 1 N–H and O–H groups in total. The van der Waals surface area contributed by atoms with Crippen molar-refractivity contribution in [3.05, 3.63) is 69.7 Å². The number of hydrogen-bond acceptors (Lipinski definition) is 1. The van der Waals surface area contributed by atoms with Crippen LogP contribution in [0.1, 0.15) is 22.7 Å². The molecule has 0 bridgehead atoms. The fourth-order valence-corrected chi connectivity index (χ4v) is 2.62. The van der Waals surface area contributed by atoms with Gasteiger partial charge in [0.2, 0.25) is 5.91 Å². The topological polar surface area (TPSA) is 29.1 Å². The van der Waals surface area contributed by atoms with Crippen LogP contribution in [0.3, 0.4) is 0 Å². The Kier molecular flexibility index (Phi) is 2.92. The van der Waals surface area contributed by atoms with E-state index in [0.29, 0.717) is 6.42 Å². The van der Waals surface area contributed by atoms with Gasteiger partial charge >= 0.3 is 0 Å². The first-order valence-electron chi connectivity index (χ1n) is 5.86. The van der Waals surface area contributed by atoms with Crippen molar-refractivity contribution in [2.24, 2.45) is 0 Å². The Bertz CT molecular complexity index is 592. The van der Waals surface area contributed by atoms with E-state index in [2.05, 4.69) is 27.3 Å². The van der Waals surface area contributed by atoms with Gasteiger partial charge < -0.3 is 5.32 Å². The minimum absolute atomic E-state index is 0.0319. The molecule has 0 unspecified atom stereocenters. The van der Waals surface area contributed by atoms with Gasteiger partial charge in [-0.15, -0.1) is 0 Å². The van der Waals surface area contributed by atoms with E-state index < -0.39 is 0 Å². The summed E-state index contributed by atoms with van der Waals surface area (Å²) in [7, 11) is 0. The van der Waals surface area contributed by atoms with Crippen LogP contribution in [0.2, 0.25) is 0 Å². The number of hydrogen-bond donors (Lipinski definition) is 1. The van der Waals surface area contributed by atoms with Crippen LogP contribution in [0.25, 0.3) is 0 Å². The molecule has 2 nitrogen and oxygen atoms in total. The van der Waals surface area contributed by atoms with Crippen molar-refractivity contribution in [1.29, 1.82) is 0 Å². The van der Waals surface area contributed by atoms with Crippen LogP contribution >= 0.6 is 15.9 Å². The van der Waals surface area contributed by atoms with E-state index >= 15 is 0 Å². The Morgan fingerprint density at radius 1 is 1.06 bits per heavy atom. The summed E-state index contributed by atoms with van der Waals surface area (Å²) in [5, 5.41) is 3.05. The Hall–Kier alpha value is -1.61. The van der Waals surface area contributed by atoms with Crippen molar-refractivity contribution in [2.45, 2.75) is 12.5 Å². The van der Waals surface area contributed by atoms with Crippen LogP contribution in [-0.4, -0.2) is 5.91 Å². The van der Waals surface area contributed by atoms with Crippen molar-refractivity contribution in [3.8, 4) is 0 Å². The molecule has 2 aromatic rings. The smallest absolute Gasteiger partial charge is 0.225 e. The minimum atomic E-state index is -0.0319. The average molecular weight is 302 g/mol. The molecule has 0 spiro atoms. The third kappa shape index (κ3) is 2.06. The maximum absolute atomic E-state index is 11.8. The lowest BCUT2D eigenvalue weighted by molar-refractivity contribution is -0.121. The summed E-state index contributed by atoms with van der Waals surface area (Å²) < 4.78 is 1.04. The maximum atomic E-state index is 11.8. The van der Waals surface area contributed by atoms with Crippen LogP contribution < -0.4 is 5.32 Å². The van der Waals surface area contributed by atoms with Gasteiger partial charge in [-0.25, -0.2) is 0 Å². The second kappa shape index (κ2) is 4.58. The van der Waals surface area contributed by atoms with Gasteiger partial charge in [0.05, 0.1) is 12.5 Å². The van der Waals surface area contributed by atoms with Gasteiger partial charge in [-0.2, -0.15) is 0 Å². The summed E-state index contributed by atoms with van der Waals surface area (Å²) in [6.07, 6.45) is 0.475. The fraction of sp³-hybridized carbons (Fsp3) is 0.133. The molecule has 0 fully saturated rings. The van der Waals surface area contributed by atoms with Gasteiger partial charge in [0, 0.05) is 4.47 Å². The molecule has 1 amide bonds. The Morgan fingerprint density at radius 3 is 2.56 bits per heavy atom. The van der Waals surface area contributed by atoms with Crippen LogP contribution in [0.4, 0.5) is 0 Å². The lowest BCUT2D eigenvalue weighted by atomic mass is 9.90. The molecule has 0 saturated heterocycles. The highest BCUT2D eigenvalue weighted by atomic mass is 79.9. The van der Waals surface area contributed by atoms with Crippen molar-refractivity contribution >= 4 is 21.8 Å². The number of nitrogens with one attached hydrogen (secondary N) is 1. The number of carbonyl (C=O) groups is 1. The van der Waals surface area contributed by atoms with Crippen LogP contribution in [0.15, 0.2) is 53.0 Å². The monoisotopic (exact) mass is 301 g/mol. The third-order valence-electron chi connectivity index (χ3n) is 3.23. The highest BCUT2D eigenvalue weighted by molar-refractivity contribution is 9.10. The zero-order chi connectivity index (χ0) is 12.5. The normalized spacial score (nSPS) is 18.1. The van der Waals surface area contributed by atoms with Crippen molar-refractivity contribution in [3.63, 3.8) is 0 Å². The molecule has 2 aromatic carbocycles. The van der Waals surface area contributed by atoms with E-state index in [1.807, 2.05) is 42.5 Å². The standard InChI is InChI=1S/C15H12BrNO/c16-12-7-5-10(6-8-12)15-13-4-2-1-3-11(13)9-14(18)17-15/h1-8,15H,9H2,(H,17,18)/t15-/m0/s1. The first-order chi connectivity index (χ1) is 8.74. The minimum Gasteiger partial charge on any atom is -0.345 e. The predicted molar refractivity (Wildman–Crippen MR) is 74.3 cm³/mol. The van der Waals surface area contributed by atoms with Crippen molar-refractivity contribution in [2.75, 3.05) is 0 Å². The highest BCUT2D eigenvalue weighted by Crippen LogP contribution is 2.29. The maximum Gasteiger partial charge on any atom is 0.225 e. The summed E-state index contributed by atoms with van der Waals surface area (Å²) in [5.41, 5.74) is 3.42. The van der Waals surface area contributed by atoms with Crippen molar-refractivity contribution in [1.82, 2.24) is 5.32 Å². The molecule has 1 aliphatic rings. The second-order valence-corrected chi connectivity index (χ2v) is 5.34. The van der Waals surface area contributed by atoms with Gasteiger partial charge in [0.15, 0.2) is 0 Å². The van der Waals surface area contributed by atoms with Crippen LogP contribution in [0, 0.1) is 0 Å². The molecule has 1 atom stereocenters.